The minimum Gasteiger partial charge on any atom is -0.370 e. The average molecular weight is 297 g/mol. The predicted octanol–water partition coefficient (Wildman–Crippen LogP) is 3.45. The number of carbonyl (C=O) groups is 1. The van der Waals surface area contributed by atoms with Crippen molar-refractivity contribution in [2.75, 3.05) is 6.61 Å². The molecule has 0 N–H and O–H groups in total. The highest BCUT2D eigenvalue weighted by Gasteiger charge is 2.34. The maximum atomic E-state index is 12.7. The summed E-state index contributed by atoms with van der Waals surface area (Å²) >= 11 is 0. The topological polar surface area (TPSA) is 50.1 Å². The summed E-state index contributed by atoms with van der Waals surface area (Å²) in [6, 6.07) is 6.14. The molecule has 1 aromatic rings. The van der Waals surface area contributed by atoms with Crippen LogP contribution in [0.5, 0.6) is 0 Å². The number of nitrogens with zero attached hydrogens (tertiary/aromatic N) is 1. The zero-order valence-electron chi connectivity index (χ0n) is 11.2. The molecule has 1 heterocycles. The van der Waals surface area contributed by atoms with Crippen LogP contribution in [0.25, 0.3) is 0 Å². The first kappa shape index (κ1) is 15.5. The third kappa shape index (κ3) is 3.61. The number of ketones is 1. The van der Waals surface area contributed by atoms with E-state index in [1.54, 1.807) is 6.07 Å². The van der Waals surface area contributed by atoms with Crippen LogP contribution in [0.3, 0.4) is 0 Å². The molecule has 1 saturated heterocycles. The van der Waals surface area contributed by atoms with Gasteiger partial charge >= 0.3 is 6.18 Å². The number of benzene rings is 1. The number of rotatable bonds is 3. The Hall–Kier alpha value is -1.87. The van der Waals surface area contributed by atoms with E-state index >= 15 is 0 Å². The quantitative estimate of drug-likeness (QED) is 0.858. The molecule has 0 amide bonds. The third-order valence-electron chi connectivity index (χ3n) is 3.46. The Bertz CT molecular complexity index is 557. The second-order valence-electron chi connectivity index (χ2n) is 4.94. The largest absolute Gasteiger partial charge is 0.416 e. The third-order valence-corrected chi connectivity index (χ3v) is 3.46. The van der Waals surface area contributed by atoms with Crippen molar-refractivity contribution in [3.05, 3.63) is 35.4 Å². The fourth-order valence-corrected chi connectivity index (χ4v) is 2.35. The lowest BCUT2D eigenvalue weighted by Crippen LogP contribution is -2.32. The molecule has 0 aromatic heterocycles. The molecule has 112 valence electrons. The summed E-state index contributed by atoms with van der Waals surface area (Å²) in [6.07, 6.45) is -3.02. The van der Waals surface area contributed by atoms with E-state index in [0.717, 1.165) is 25.0 Å². The van der Waals surface area contributed by atoms with Gasteiger partial charge in [0.05, 0.1) is 11.6 Å². The number of hydrogen-bond acceptors (Lipinski definition) is 3. The SMILES string of the molecule is N#CC(C(=O)C1CCCCO1)c1cccc(C(F)(F)F)c1. The lowest BCUT2D eigenvalue weighted by molar-refractivity contribution is -0.138. The highest BCUT2D eigenvalue weighted by Crippen LogP contribution is 2.32. The number of nitriles is 1. The van der Waals surface area contributed by atoms with Gasteiger partial charge in [-0.15, -0.1) is 0 Å². The van der Waals surface area contributed by atoms with Crippen LogP contribution < -0.4 is 0 Å². The highest BCUT2D eigenvalue weighted by atomic mass is 19.4. The summed E-state index contributed by atoms with van der Waals surface area (Å²) in [6.45, 7) is 0.442. The lowest BCUT2D eigenvalue weighted by Gasteiger charge is -2.23. The predicted molar refractivity (Wildman–Crippen MR) is 68.4 cm³/mol. The number of ether oxygens (including phenoxy) is 1. The lowest BCUT2D eigenvalue weighted by atomic mass is 9.89. The van der Waals surface area contributed by atoms with Crippen LogP contribution in [0.1, 0.15) is 36.3 Å². The van der Waals surface area contributed by atoms with Gasteiger partial charge in [0, 0.05) is 6.61 Å². The number of carbonyl (C=O) groups excluding carboxylic acids is 1. The van der Waals surface area contributed by atoms with Crippen molar-refractivity contribution in [1.82, 2.24) is 0 Å². The molecule has 1 fully saturated rings. The summed E-state index contributed by atoms with van der Waals surface area (Å²) in [4.78, 5) is 12.3. The first-order chi connectivity index (χ1) is 9.93. The standard InChI is InChI=1S/C15H14F3NO2/c16-15(17,18)11-5-3-4-10(8-11)12(9-19)14(20)13-6-1-2-7-21-13/h3-5,8,12-13H,1-2,6-7H2. The molecule has 2 unspecified atom stereocenters. The maximum absolute atomic E-state index is 12.7. The number of hydrogen-bond donors (Lipinski definition) is 0. The van der Waals surface area contributed by atoms with E-state index in [0.29, 0.717) is 13.0 Å². The Balaban J connectivity index is 2.25. The molecule has 1 aromatic carbocycles. The van der Waals surface area contributed by atoms with E-state index in [9.17, 15) is 18.0 Å². The van der Waals surface area contributed by atoms with Crippen molar-refractivity contribution in [1.29, 1.82) is 5.26 Å². The summed E-state index contributed by atoms with van der Waals surface area (Å²) in [5.74, 6) is -1.69. The molecule has 0 saturated carbocycles. The van der Waals surface area contributed by atoms with E-state index in [1.807, 2.05) is 0 Å². The molecule has 2 rings (SSSR count). The van der Waals surface area contributed by atoms with E-state index in [1.165, 1.54) is 12.1 Å². The molecule has 0 spiro atoms. The van der Waals surface area contributed by atoms with Crippen LogP contribution in [-0.4, -0.2) is 18.5 Å². The molecule has 0 bridgehead atoms. The van der Waals surface area contributed by atoms with Crippen LogP contribution in [0.15, 0.2) is 24.3 Å². The monoisotopic (exact) mass is 297 g/mol. The first-order valence-electron chi connectivity index (χ1n) is 6.65. The molecule has 6 heteroatoms. The van der Waals surface area contributed by atoms with Gasteiger partial charge in [-0.3, -0.25) is 4.79 Å². The molecule has 2 atom stereocenters. The minimum atomic E-state index is -4.50. The number of Topliss-reactive ketones (excluding diaryl/α,β-unsaturated/α-hetero) is 1. The van der Waals surface area contributed by atoms with Gasteiger partial charge in [-0.1, -0.05) is 18.2 Å². The van der Waals surface area contributed by atoms with Crippen molar-refractivity contribution in [3.63, 3.8) is 0 Å². The van der Waals surface area contributed by atoms with Gasteiger partial charge in [0.15, 0.2) is 5.78 Å². The van der Waals surface area contributed by atoms with Crippen LogP contribution in [0.2, 0.25) is 0 Å². The van der Waals surface area contributed by atoms with Gasteiger partial charge in [0.1, 0.15) is 12.0 Å². The zero-order valence-corrected chi connectivity index (χ0v) is 11.2. The molecule has 0 radical (unpaired) electrons. The van der Waals surface area contributed by atoms with Crippen molar-refractivity contribution < 1.29 is 22.7 Å². The van der Waals surface area contributed by atoms with Gasteiger partial charge in [-0.2, -0.15) is 18.4 Å². The molecule has 1 aliphatic heterocycles. The van der Waals surface area contributed by atoms with Gasteiger partial charge in [-0.25, -0.2) is 0 Å². The van der Waals surface area contributed by atoms with Gasteiger partial charge in [-0.05, 0) is 30.9 Å². The summed E-state index contributed by atoms with van der Waals surface area (Å²) in [5, 5.41) is 9.17. The first-order valence-corrected chi connectivity index (χ1v) is 6.65. The minimum absolute atomic E-state index is 0.0616. The molecule has 3 nitrogen and oxygen atoms in total. The van der Waals surface area contributed by atoms with Crippen molar-refractivity contribution in [2.45, 2.75) is 37.5 Å². The molecule has 21 heavy (non-hydrogen) atoms. The Labute approximate surface area is 120 Å². The van der Waals surface area contributed by atoms with Gasteiger partial charge < -0.3 is 4.74 Å². The summed E-state index contributed by atoms with van der Waals surface area (Å²) < 4.78 is 43.4. The molecule has 1 aliphatic rings. The van der Waals surface area contributed by atoms with Crippen LogP contribution in [-0.2, 0) is 15.7 Å². The zero-order chi connectivity index (χ0) is 15.5. The Morgan fingerprint density at radius 1 is 1.38 bits per heavy atom. The Morgan fingerprint density at radius 2 is 2.14 bits per heavy atom. The Kier molecular flexibility index (Phi) is 4.63. The molecule has 0 aliphatic carbocycles. The van der Waals surface area contributed by atoms with Gasteiger partial charge in [0.2, 0.25) is 0 Å². The van der Waals surface area contributed by atoms with E-state index in [2.05, 4.69) is 0 Å². The second-order valence-corrected chi connectivity index (χ2v) is 4.94. The van der Waals surface area contributed by atoms with Crippen molar-refractivity contribution in [3.8, 4) is 6.07 Å². The van der Waals surface area contributed by atoms with Gasteiger partial charge in [0.25, 0.3) is 0 Å². The molecular weight excluding hydrogens is 283 g/mol. The van der Waals surface area contributed by atoms with Crippen molar-refractivity contribution >= 4 is 5.78 Å². The smallest absolute Gasteiger partial charge is 0.370 e. The fourth-order valence-electron chi connectivity index (χ4n) is 2.35. The van der Waals surface area contributed by atoms with E-state index < -0.39 is 29.5 Å². The summed E-state index contributed by atoms with van der Waals surface area (Å²) in [5.41, 5.74) is -0.802. The highest BCUT2D eigenvalue weighted by molar-refractivity contribution is 5.92. The van der Waals surface area contributed by atoms with E-state index in [4.69, 9.17) is 10.00 Å². The van der Waals surface area contributed by atoms with E-state index in [-0.39, 0.29) is 5.56 Å². The molecular formula is C15H14F3NO2. The van der Waals surface area contributed by atoms with Crippen LogP contribution in [0, 0.1) is 11.3 Å². The second kappa shape index (κ2) is 6.27. The Morgan fingerprint density at radius 3 is 2.71 bits per heavy atom. The van der Waals surface area contributed by atoms with Crippen LogP contribution >= 0.6 is 0 Å². The van der Waals surface area contributed by atoms with Crippen molar-refractivity contribution in [2.24, 2.45) is 0 Å². The normalized spacial score (nSPS) is 20.6. The van der Waals surface area contributed by atoms with Crippen LogP contribution in [0.4, 0.5) is 13.2 Å². The average Bonchev–Trinajstić information content (AvgIpc) is 2.48. The maximum Gasteiger partial charge on any atom is 0.416 e. The number of halogens is 3. The number of alkyl halides is 3. The summed E-state index contributed by atoms with van der Waals surface area (Å²) in [7, 11) is 0. The fraction of sp³-hybridized carbons (Fsp3) is 0.467.